The Balaban J connectivity index is 2.14. The SMILES string of the molecule is CC(C)NCc1ccccc1S(=O)(=O)NC1CCCCC1. The van der Waals surface area contributed by atoms with Gasteiger partial charge in [-0.2, -0.15) is 0 Å². The minimum absolute atomic E-state index is 0.0925. The van der Waals surface area contributed by atoms with Gasteiger partial charge in [0, 0.05) is 18.6 Å². The summed E-state index contributed by atoms with van der Waals surface area (Å²) < 4.78 is 28.1. The Morgan fingerprint density at radius 3 is 2.48 bits per heavy atom. The second kappa shape index (κ2) is 7.38. The molecule has 1 fully saturated rings. The molecule has 0 heterocycles. The lowest BCUT2D eigenvalue weighted by Crippen LogP contribution is -2.37. The minimum Gasteiger partial charge on any atom is -0.310 e. The highest BCUT2D eigenvalue weighted by atomic mass is 32.2. The maximum Gasteiger partial charge on any atom is 0.241 e. The van der Waals surface area contributed by atoms with E-state index in [4.69, 9.17) is 0 Å². The second-order valence-corrected chi connectivity index (χ2v) is 7.78. The highest BCUT2D eigenvalue weighted by molar-refractivity contribution is 7.89. The van der Waals surface area contributed by atoms with Gasteiger partial charge in [0.05, 0.1) is 4.90 Å². The van der Waals surface area contributed by atoms with Crippen LogP contribution in [0, 0.1) is 0 Å². The molecule has 0 spiro atoms. The van der Waals surface area contributed by atoms with Crippen LogP contribution in [-0.2, 0) is 16.6 Å². The van der Waals surface area contributed by atoms with Gasteiger partial charge in [0.2, 0.25) is 10.0 Å². The number of nitrogens with one attached hydrogen (secondary N) is 2. The third kappa shape index (κ3) is 4.80. The van der Waals surface area contributed by atoms with Crippen molar-refractivity contribution in [3.8, 4) is 0 Å². The molecule has 0 amide bonds. The predicted octanol–water partition coefficient (Wildman–Crippen LogP) is 2.80. The van der Waals surface area contributed by atoms with Crippen LogP contribution in [0.4, 0.5) is 0 Å². The largest absolute Gasteiger partial charge is 0.310 e. The normalized spacial score (nSPS) is 17.3. The fourth-order valence-electron chi connectivity index (χ4n) is 2.73. The van der Waals surface area contributed by atoms with E-state index in [2.05, 4.69) is 23.9 Å². The molecule has 0 unspecified atom stereocenters. The molecule has 0 radical (unpaired) electrons. The van der Waals surface area contributed by atoms with Gasteiger partial charge in [-0.1, -0.05) is 51.3 Å². The molecule has 2 rings (SSSR count). The van der Waals surface area contributed by atoms with E-state index < -0.39 is 10.0 Å². The van der Waals surface area contributed by atoms with E-state index in [1.165, 1.54) is 6.42 Å². The highest BCUT2D eigenvalue weighted by Gasteiger charge is 2.23. The average Bonchev–Trinajstić information content (AvgIpc) is 2.46. The highest BCUT2D eigenvalue weighted by Crippen LogP contribution is 2.21. The quantitative estimate of drug-likeness (QED) is 0.849. The van der Waals surface area contributed by atoms with E-state index in [1.807, 2.05) is 12.1 Å². The molecule has 5 heteroatoms. The van der Waals surface area contributed by atoms with Crippen LogP contribution in [0.5, 0.6) is 0 Å². The number of rotatable bonds is 6. The van der Waals surface area contributed by atoms with Crippen LogP contribution < -0.4 is 10.0 Å². The van der Waals surface area contributed by atoms with Crippen molar-refractivity contribution in [1.82, 2.24) is 10.0 Å². The van der Waals surface area contributed by atoms with Gasteiger partial charge >= 0.3 is 0 Å². The van der Waals surface area contributed by atoms with Crippen molar-refractivity contribution in [2.75, 3.05) is 0 Å². The van der Waals surface area contributed by atoms with Gasteiger partial charge in [-0.25, -0.2) is 13.1 Å². The number of benzene rings is 1. The molecule has 1 aliphatic carbocycles. The van der Waals surface area contributed by atoms with Gasteiger partial charge in [0.15, 0.2) is 0 Å². The van der Waals surface area contributed by atoms with Gasteiger partial charge in [-0.15, -0.1) is 0 Å². The monoisotopic (exact) mass is 310 g/mol. The zero-order valence-electron chi connectivity index (χ0n) is 12.9. The lowest BCUT2D eigenvalue weighted by Gasteiger charge is -2.23. The van der Waals surface area contributed by atoms with Crippen molar-refractivity contribution in [3.63, 3.8) is 0 Å². The Morgan fingerprint density at radius 1 is 1.14 bits per heavy atom. The summed E-state index contributed by atoms with van der Waals surface area (Å²) in [6, 6.07) is 7.67. The number of hydrogen-bond donors (Lipinski definition) is 2. The Hall–Kier alpha value is -0.910. The Morgan fingerprint density at radius 2 is 1.81 bits per heavy atom. The molecule has 1 aliphatic rings. The van der Waals surface area contributed by atoms with Gasteiger partial charge < -0.3 is 5.32 Å². The molecule has 4 nitrogen and oxygen atoms in total. The Labute approximate surface area is 128 Å². The van der Waals surface area contributed by atoms with Gasteiger partial charge in [0.25, 0.3) is 0 Å². The van der Waals surface area contributed by atoms with E-state index in [-0.39, 0.29) is 6.04 Å². The summed E-state index contributed by atoms with van der Waals surface area (Å²) in [6.45, 7) is 4.67. The van der Waals surface area contributed by atoms with Crippen molar-refractivity contribution in [1.29, 1.82) is 0 Å². The molecule has 21 heavy (non-hydrogen) atoms. The second-order valence-electron chi connectivity index (χ2n) is 6.10. The van der Waals surface area contributed by atoms with E-state index >= 15 is 0 Å². The summed E-state index contributed by atoms with van der Waals surface area (Å²) in [5.74, 6) is 0. The maximum absolute atomic E-state index is 12.6. The first-order valence-corrected chi connectivity index (χ1v) is 9.31. The molecule has 0 aliphatic heterocycles. The van der Waals surface area contributed by atoms with Crippen LogP contribution in [0.3, 0.4) is 0 Å². The molecule has 0 aromatic heterocycles. The van der Waals surface area contributed by atoms with Crippen LogP contribution in [0.25, 0.3) is 0 Å². The first-order chi connectivity index (χ1) is 9.99. The first kappa shape index (κ1) is 16.5. The first-order valence-electron chi connectivity index (χ1n) is 7.82. The zero-order chi connectivity index (χ0) is 15.3. The summed E-state index contributed by atoms with van der Waals surface area (Å²) in [6.07, 6.45) is 5.35. The molecule has 118 valence electrons. The topological polar surface area (TPSA) is 58.2 Å². The van der Waals surface area contributed by atoms with Crippen LogP contribution in [0.1, 0.15) is 51.5 Å². The lowest BCUT2D eigenvalue weighted by atomic mass is 9.96. The van der Waals surface area contributed by atoms with Crippen molar-refractivity contribution in [2.24, 2.45) is 0 Å². The standard InChI is InChI=1S/C16H26N2O2S/c1-13(2)17-12-14-8-6-7-11-16(14)21(19,20)18-15-9-4-3-5-10-15/h6-8,11,13,15,17-18H,3-5,9-10,12H2,1-2H3. The van der Waals surface area contributed by atoms with E-state index in [0.717, 1.165) is 31.2 Å². The summed E-state index contributed by atoms with van der Waals surface area (Å²) in [4.78, 5) is 0.406. The van der Waals surface area contributed by atoms with Crippen LogP contribution >= 0.6 is 0 Å². The summed E-state index contributed by atoms with van der Waals surface area (Å²) in [7, 11) is -3.43. The third-order valence-electron chi connectivity index (χ3n) is 3.89. The molecular weight excluding hydrogens is 284 g/mol. The molecule has 1 aromatic carbocycles. The van der Waals surface area contributed by atoms with Crippen LogP contribution in [0.2, 0.25) is 0 Å². The molecule has 0 atom stereocenters. The predicted molar refractivity (Wildman–Crippen MR) is 85.6 cm³/mol. The van der Waals surface area contributed by atoms with Crippen molar-refractivity contribution < 1.29 is 8.42 Å². The molecule has 1 saturated carbocycles. The van der Waals surface area contributed by atoms with E-state index in [1.54, 1.807) is 12.1 Å². The molecular formula is C16H26N2O2S. The van der Waals surface area contributed by atoms with E-state index in [9.17, 15) is 8.42 Å². The summed E-state index contributed by atoms with van der Waals surface area (Å²) in [5.41, 5.74) is 0.828. The molecule has 1 aromatic rings. The lowest BCUT2D eigenvalue weighted by molar-refractivity contribution is 0.412. The summed E-state index contributed by atoms with van der Waals surface area (Å²) in [5, 5.41) is 3.29. The van der Waals surface area contributed by atoms with Crippen LogP contribution in [-0.4, -0.2) is 20.5 Å². The maximum atomic E-state index is 12.6. The van der Waals surface area contributed by atoms with Gasteiger partial charge in [-0.3, -0.25) is 0 Å². The fraction of sp³-hybridized carbons (Fsp3) is 0.625. The van der Waals surface area contributed by atoms with Gasteiger partial charge in [-0.05, 0) is 24.5 Å². The van der Waals surface area contributed by atoms with Crippen molar-refractivity contribution in [2.45, 2.75) is 69.5 Å². The Kier molecular flexibility index (Phi) is 5.79. The van der Waals surface area contributed by atoms with Crippen molar-refractivity contribution >= 4 is 10.0 Å². The zero-order valence-corrected chi connectivity index (χ0v) is 13.7. The average molecular weight is 310 g/mol. The smallest absolute Gasteiger partial charge is 0.241 e. The minimum atomic E-state index is -3.43. The Bertz CT molecular complexity index is 549. The number of hydrogen-bond acceptors (Lipinski definition) is 3. The van der Waals surface area contributed by atoms with Crippen LogP contribution in [0.15, 0.2) is 29.2 Å². The molecule has 0 saturated heterocycles. The number of sulfonamides is 1. The van der Waals surface area contributed by atoms with Gasteiger partial charge in [0.1, 0.15) is 0 Å². The van der Waals surface area contributed by atoms with Crippen molar-refractivity contribution in [3.05, 3.63) is 29.8 Å². The summed E-state index contributed by atoms with van der Waals surface area (Å²) >= 11 is 0. The molecule has 2 N–H and O–H groups in total. The van der Waals surface area contributed by atoms with E-state index in [0.29, 0.717) is 17.5 Å². The molecule has 0 bridgehead atoms. The third-order valence-corrected chi connectivity index (χ3v) is 5.51. The fourth-order valence-corrected chi connectivity index (χ4v) is 4.27.